The molecule has 1 fully saturated rings. The maximum atomic E-state index is 12.4. The second kappa shape index (κ2) is 5.29. The van der Waals surface area contributed by atoms with E-state index in [2.05, 4.69) is 0 Å². The summed E-state index contributed by atoms with van der Waals surface area (Å²) in [5, 5.41) is 19.2. The van der Waals surface area contributed by atoms with Crippen LogP contribution in [0.5, 0.6) is 11.5 Å². The van der Waals surface area contributed by atoms with E-state index in [1.807, 2.05) is 6.92 Å². The van der Waals surface area contributed by atoms with Crippen LogP contribution in [0.15, 0.2) is 18.2 Å². The predicted molar refractivity (Wildman–Crippen MR) is 68.7 cm³/mol. The average molecular weight is 249 g/mol. The number of phenols is 2. The minimum absolute atomic E-state index is 0.182. The van der Waals surface area contributed by atoms with Crippen molar-refractivity contribution in [2.45, 2.75) is 38.6 Å². The summed E-state index contributed by atoms with van der Waals surface area (Å²) in [6.45, 7) is 2.75. The molecule has 1 saturated heterocycles. The molecule has 18 heavy (non-hydrogen) atoms. The lowest BCUT2D eigenvalue weighted by Crippen LogP contribution is -2.38. The second-order valence-electron chi connectivity index (χ2n) is 4.87. The third-order valence-electron chi connectivity index (χ3n) is 3.56. The van der Waals surface area contributed by atoms with Gasteiger partial charge in [0.05, 0.1) is 5.56 Å². The molecule has 0 spiro atoms. The number of aromatic hydroxyl groups is 2. The molecular weight excluding hydrogens is 230 g/mol. The Hall–Kier alpha value is -1.71. The van der Waals surface area contributed by atoms with Gasteiger partial charge in [-0.05, 0) is 31.9 Å². The number of carbonyl (C=O) groups excluding carboxylic acids is 1. The van der Waals surface area contributed by atoms with Gasteiger partial charge < -0.3 is 15.1 Å². The number of para-hydroxylation sites is 1. The summed E-state index contributed by atoms with van der Waals surface area (Å²) in [6.07, 6.45) is 4.26. The van der Waals surface area contributed by atoms with E-state index < -0.39 is 0 Å². The molecule has 0 aromatic heterocycles. The highest BCUT2D eigenvalue weighted by atomic mass is 16.3. The van der Waals surface area contributed by atoms with Crippen molar-refractivity contribution in [3.05, 3.63) is 23.8 Å². The van der Waals surface area contributed by atoms with Crippen LogP contribution < -0.4 is 0 Å². The van der Waals surface area contributed by atoms with E-state index in [4.69, 9.17) is 0 Å². The summed E-state index contributed by atoms with van der Waals surface area (Å²) in [5.74, 6) is -0.764. The Bertz CT molecular complexity index is 445. The molecule has 1 unspecified atom stereocenters. The number of likely N-dealkylation sites (tertiary alicyclic amines) is 1. The molecule has 4 nitrogen and oxygen atoms in total. The highest BCUT2D eigenvalue weighted by molar-refractivity contribution is 5.97. The third kappa shape index (κ3) is 2.42. The van der Waals surface area contributed by atoms with Crippen LogP contribution in [0, 0.1) is 0 Å². The lowest BCUT2D eigenvalue weighted by Gasteiger charge is -2.27. The summed E-state index contributed by atoms with van der Waals surface area (Å²) in [7, 11) is 0. The topological polar surface area (TPSA) is 60.8 Å². The van der Waals surface area contributed by atoms with Crippen molar-refractivity contribution in [2.75, 3.05) is 6.54 Å². The van der Waals surface area contributed by atoms with Crippen LogP contribution in [0.1, 0.15) is 43.0 Å². The third-order valence-corrected chi connectivity index (χ3v) is 3.56. The number of amides is 1. The molecule has 1 amide bonds. The predicted octanol–water partition coefficient (Wildman–Crippen LogP) is 2.50. The van der Waals surface area contributed by atoms with Gasteiger partial charge in [-0.25, -0.2) is 0 Å². The van der Waals surface area contributed by atoms with Crippen molar-refractivity contribution in [3.8, 4) is 11.5 Å². The van der Waals surface area contributed by atoms with Gasteiger partial charge in [0.15, 0.2) is 11.5 Å². The molecular formula is C14H19NO3. The van der Waals surface area contributed by atoms with E-state index in [0.29, 0.717) is 0 Å². The fourth-order valence-electron chi connectivity index (χ4n) is 2.44. The highest BCUT2D eigenvalue weighted by Crippen LogP contribution is 2.30. The largest absolute Gasteiger partial charge is 0.504 e. The molecule has 1 aliphatic rings. The Morgan fingerprint density at radius 1 is 1.28 bits per heavy atom. The molecule has 0 aliphatic carbocycles. The van der Waals surface area contributed by atoms with E-state index in [9.17, 15) is 15.0 Å². The lowest BCUT2D eigenvalue weighted by molar-refractivity contribution is 0.0694. The summed E-state index contributed by atoms with van der Waals surface area (Å²) in [6, 6.07) is 4.68. The van der Waals surface area contributed by atoms with Gasteiger partial charge in [0.2, 0.25) is 0 Å². The van der Waals surface area contributed by atoms with Crippen LogP contribution >= 0.6 is 0 Å². The Morgan fingerprint density at radius 2 is 2.06 bits per heavy atom. The smallest absolute Gasteiger partial charge is 0.257 e. The first-order chi connectivity index (χ1) is 8.61. The van der Waals surface area contributed by atoms with Crippen LogP contribution in [0.25, 0.3) is 0 Å². The average Bonchev–Trinajstić information content (AvgIpc) is 2.57. The van der Waals surface area contributed by atoms with Crippen LogP contribution in [0.2, 0.25) is 0 Å². The molecule has 0 bridgehead atoms. The van der Waals surface area contributed by atoms with E-state index in [1.54, 1.807) is 17.0 Å². The van der Waals surface area contributed by atoms with Gasteiger partial charge in [0, 0.05) is 12.6 Å². The monoisotopic (exact) mass is 249 g/mol. The van der Waals surface area contributed by atoms with Crippen molar-refractivity contribution < 1.29 is 15.0 Å². The Morgan fingerprint density at radius 3 is 2.83 bits per heavy atom. The molecule has 2 N–H and O–H groups in total. The van der Waals surface area contributed by atoms with Gasteiger partial charge in [-0.2, -0.15) is 0 Å². The van der Waals surface area contributed by atoms with Crippen LogP contribution in [-0.2, 0) is 0 Å². The number of phenolic OH excluding ortho intramolecular Hbond substituents is 2. The first-order valence-corrected chi connectivity index (χ1v) is 6.43. The fraction of sp³-hybridized carbons (Fsp3) is 0.500. The standard InChI is InChI=1S/C14H19NO3/c1-10-6-3-2-4-9-15(10)14(18)11-7-5-8-12(16)13(11)17/h5,7-8,10,16-17H,2-4,6,9H2,1H3. The number of hydrogen-bond acceptors (Lipinski definition) is 3. The van der Waals surface area contributed by atoms with Crippen molar-refractivity contribution in [3.63, 3.8) is 0 Å². The first kappa shape index (κ1) is 12.7. The van der Waals surface area contributed by atoms with E-state index in [1.165, 1.54) is 6.07 Å². The zero-order valence-electron chi connectivity index (χ0n) is 10.6. The molecule has 1 aromatic rings. The summed E-state index contributed by atoms with van der Waals surface area (Å²) < 4.78 is 0. The quantitative estimate of drug-likeness (QED) is 0.752. The van der Waals surface area contributed by atoms with Crippen LogP contribution in [0.4, 0.5) is 0 Å². The summed E-state index contributed by atoms with van der Waals surface area (Å²) in [5.41, 5.74) is 0.184. The Labute approximate surface area is 107 Å². The number of rotatable bonds is 1. The van der Waals surface area contributed by atoms with Gasteiger partial charge in [0.25, 0.3) is 5.91 Å². The van der Waals surface area contributed by atoms with Crippen molar-refractivity contribution >= 4 is 5.91 Å². The molecule has 1 heterocycles. The molecule has 1 aromatic carbocycles. The maximum Gasteiger partial charge on any atom is 0.257 e. The van der Waals surface area contributed by atoms with Crippen molar-refractivity contribution in [1.29, 1.82) is 0 Å². The SMILES string of the molecule is CC1CCCCCN1C(=O)c1cccc(O)c1O. The zero-order chi connectivity index (χ0) is 13.1. The first-order valence-electron chi connectivity index (χ1n) is 6.43. The van der Waals surface area contributed by atoms with Gasteiger partial charge in [-0.3, -0.25) is 4.79 Å². The Balaban J connectivity index is 2.26. The normalized spacial score (nSPS) is 20.5. The number of nitrogens with zero attached hydrogens (tertiary/aromatic N) is 1. The van der Waals surface area contributed by atoms with Gasteiger partial charge in [-0.15, -0.1) is 0 Å². The van der Waals surface area contributed by atoms with Crippen molar-refractivity contribution in [1.82, 2.24) is 4.90 Å². The molecule has 2 rings (SSSR count). The number of hydrogen-bond donors (Lipinski definition) is 2. The maximum absolute atomic E-state index is 12.4. The number of benzene rings is 1. The van der Waals surface area contributed by atoms with Crippen LogP contribution in [0.3, 0.4) is 0 Å². The minimum atomic E-state index is -0.320. The molecule has 0 radical (unpaired) electrons. The molecule has 0 saturated carbocycles. The molecule has 1 atom stereocenters. The summed E-state index contributed by atoms with van der Waals surface area (Å²) >= 11 is 0. The van der Waals surface area contributed by atoms with Crippen LogP contribution in [-0.4, -0.2) is 33.6 Å². The minimum Gasteiger partial charge on any atom is -0.504 e. The lowest BCUT2D eigenvalue weighted by atomic mass is 10.1. The van der Waals surface area contributed by atoms with Gasteiger partial charge >= 0.3 is 0 Å². The second-order valence-corrected chi connectivity index (χ2v) is 4.87. The van der Waals surface area contributed by atoms with E-state index in [0.717, 1.165) is 32.2 Å². The summed E-state index contributed by atoms with van der Waals surface area (Å²) in [4.78, 5) is 14.2. The van der Waals surface area contributed by atoms with Gasteiger partial charge in [-0.1, -0.05) is 18.9 Å². The number of carbonyl (C=O) groups is 1. The fourth-order valence-corrected chi connectivity index (χ4v) is 2.44. The van der Waals surface area contributed by atoms with E-state index in [-0.39, 0.29) is 29.0 Å². The molecule has 98 valence electrons. The zero-order valence-corrected chi connectivity index (χ0v) is 10.6. The molecule has 4 heteroatoms. The Kier molecular flexibility index (Phi) is 3.75. The molecule has 1 aliphatic heterocycles. The van der Waals surface area contributed by atoms with Crippen molar-refractivity contribution in [2.24, 2.45) is 0 Å². The van der Waals surface area contributed by atoms with Gasteiger partial charge in [0.1, 0.15) is 0 Å². The highest BCUT2D eigenvalue weighted by Gasteiger charge is 2.25. The van der Waals surface area contributed by atoms with E-state index >= 15 is 0 Å².